The van der Waals surface area contributed by atoms with Crippen LogP contribution in [0.15, 0.2) is 48.7 Å². The number of carbonyl (C=O) groups is 1. The van der Waals surface area contributed by atoms with E-state index in [9.17, 15) is 4.79 Å². The van der Waals surface area contributed by atoms with E-state index in [-0.39, 0.29) is 17.5 Å². The SMILES string of the molecule is CC([Si])[C@H](NCc1ccccn1)C(=O)NCc1ccc(CNCCCNC2CCN(C3CCNCC3)CC2)cc1. The molecular weight excluding hydrogens is 514 g/mol. The van der Waals surface area contributed by atoms with Crippen LogP contribution in [-0.4, -0.2) is 83.4 Å². The zero-order chi connectivity index (χ0) is 28.0. The average molecular weight is 563 g/mol. The lowest BCUT2D eigenvalue weighted by molar-refractivity contribution is -0.123. The quantitative estimate of drug-likeness (QED) is 0.168. The molecule has 3 heterocycles. The van der Waals surface area contributed by atoms with Gasteiger partial charge in [-0.3, -0.25) is 9.78 Å². The molecule has 0 saturated carbocycles. The van der Waals surface area contributed by atoms with Gasteiger partial charge in [0.15, 0.2) is 0 Å². The average Bonchev–Trinajstić information content (AvgIpc) is 2.99. The van der Waals surface area contributed by atoms with Crippen LogP contribution in [0.2, 0.25) is 5.54 Å². The third-order valence-corrected chi connectivity index (χ3v) is 8.48. The number of aromatic nitrogens is 1. The summed E-state index contributed by atoms with van der Waals surface area (Å²) in [7, 11) is 3.62. The highest BCUT2D eigenvalue weighted by Crippen LogP contribution is 2.18. The van der Waals surface area contributed by atoms with Crippen LogP contribution >= 0.6 is 0 Å². The Morgan fingerprint density at radius 2 is 1.73 bits per heavy atom. The van der Waals surface area contributed by atoms with Crippen LogP contribution < -0.4 is 26.6 Å². The van der Waals surface area contributed by atoms with E-state index in [2.05, 4.69) is 71.0 Å². The van der Waals surface area contributed by atoms with Gasteiger partial charge in [-0.1, -0.05) is 37.3 Å². The highest BCUT2D eigenvalue weighted by molar-refractivity contribution is 6.14. The van der Waals surface area contributed by atoms with E-state index in [0.717, 1.165) is 43.4 Å². The van der Waals surface area contributed by atoms with Gasteiger partial charge in [-0.15, -0.1) is 0 Å². The van der Waals surface area contributed by atoms with Gasteiger partial charge in [0.05, 0.1) is 11.7 Å². The smallest absolute Gasteiger partial charge is 0.237 e. The summed E-state index contributed by atoms with van der Waals surface area (Å²) in [5.41, 5.74) is 3.26. The number of likely N-dealkylation sites (tertiary alicyclic amines) is 1. The molecule has 3 radical (unpaired) electrons. The van der Waals surface area contributed by atoms with Crippen molar-refractivity contribution in [3.8, 4) is 0 Å². The van der Waals surface area contributed by atoms with Crippen molar-refractivity contribution in [2.45, 2.75) is 82.3 Å². The predicted octanol–water partition coefficient (Wildman–Crippen LogP) is 2.12. The summed E-state index contributed by atoms with van der Waals surface area (Å²) in [6.07, 6.45) is 8.08. The number of pyridine rings is 1. The van der Waals surface area contributed by atoms with Crippen molar-refractivity contribution < 1.29 is 4.79 Å². The molecule has 0 aliphatic carbocycles. The lowest BCUT2D eigenvalue weighted by Crippen LogP contribution is -2.49. The Morgan fingerprint density at radius 3 is 2.40 bits per heavy atom. The molecule has 1 aromatic heterocycles. The fourth-order valence-corrected chi connectivity index (χ4v) is 5.95. The van der Waals surface area contributed by atoms with Crippen LogP contribution in [0.5, 0.6) is 0 Å². The van der Waals surface area contributed by atoms with Gasteiger partial charge in [0.25, 0.3) is 0 Å². The molecule has 4 rings (SSSR count). The van der Waals surface area contributed by atoms with Crippen LogP contribution in [-0.2, 0) is 24.4 Å². The Kier molecular flexibility index (Phi) is 13.1. The van der Waals surface area contributed by atoms with Gasteiger partial charge >= 0.3 is 0 Å². The Hall–Kier alpha value is -2.14. The predicted molar refractivity (Wildman–Crippen MR) is 163 cm³/mol. The molecule has 9 heteroatoms. The maximum atomic E-state index is 12.8. The zero-order valence-corrected chi connectivity index (χ0v) is 25.1. The summed E-state index contributed by atoms with van der Waals surface area (Å²) in [5.74, 6) is -0.0230. The van der Waals surface area contributed by atoms with Crippen molar-refractivity contribution in [2.75, 3.05) is 39.3 Å². The molecule has 1 unspecified atom stereocenters. The Labute approximate surface area is 244 Å². The molecule has 2 fully saturated rings. The number of rotatable bonds is 15. The molecule has 8 nitrogen and oxygen atoms in total. The Morgan fingerprint density at radius 1 is 1.00 bits per heavy atom. The van der Waals surface area contributed by atoms with E-state index in [1.54, 1.807) is 6.20 Å². The van der Waals surface area contributed by atoms with Crippen molar-refractivity contribution in [3.05, 3.63) is 65.5 Å². The van der Waals surface area contributed by atoms with Gasteiger partial charge in [-0.2, -0.15) is 0 Å². The number of hydrogen-bond donors (Lipinski definition) is 5. The summed E-state index contributed by atoms with van der Waals surface area (Å²) >= 11 is 0. The normalized spacial score (nSPS) is 18.9. The number of amides is 1. The fourth-order valence-electron chi connectivity index (χ4n) is 5.68. The largest absolute Gasteiger partial charge is 0.351 e. The van der Waals surface area contributed by atoms with Crippen molar-refractivity contribution in [2.24, 2.45) is 0 Å². The van der Waals surface area contributed by atoms with Gasteiger partial charge in [0.1, 0.15) is 0 Å². The molecule has 1 amide bonds. The molecule has 2 aliphatic rings. The first-order valence-electron chi connectivity index (χ1n) is 15.2. The second kappa shape index (κ2) is 17.0. The summed E-state index contributed by atoms with van der Waals surface area (Å²) in [5, 5.41) is 17.2. The van der Waals surface area contributed by atoms with E-state index >= 15 is 0 Å². The zero-order valence-electron chi connectivity index (χ0n) is 24.1. The molecule has 40 heavy (non-hydrogen) atoms. The number of nitrogens with one attached hydrogen (secondary N) is 5. The molecule has 1 aromatic carbocycles. The molecule has 2 aliphatic heterocycles. The highest BCUT2D eigenvalue weighted by atomic mass is 28.1. The Bertz CT molecular complexity index is 977. The number of carbonyl (C=O) groups excluding carboxylic acids is 1. The minimum Gasteiger partial charge on any atom is -0.351 e. The third kappa shape index (κ3) is 10.4. The van der Waals surface area contributed by atoms with Crippen LogP contribution in [0, 0.1) is 0 Å². The lowest BCUT2D eigenvalue weighted by atomic mass is 9.98. The summed E-state index contributed by atoms with van der Waals surface area (Å²) in [6, 6.07) is 15.4. The molecule has 0 spiro atoms. The fraction of sp³-hybridized carbons (Fsp3) is 0.613. The van der Waals surface area contributed by atoms with Gasteiger partial charge < -0.3 is 31.5 Å². The maximum absolute atomic E-state index is 12.8. The first kappa shape index (κ1) is 30.8. The molecule has 2 aromatic rings. The monoisotopic (exact) mass is 562 g/mol. The van der Waals surface area contributed by atoms with Gasteiger partial charge in [-0.05, 0) is 100 Å². The van der Waals surface area contributed by atoms with Crippen LogP contribution in [0.1, 0.15) is 55.8 Å². The second-order valence-corrected chi connectivity index (χ2v) is 12.2. The molecule has 0 bridgehead atoms. The van der Waals surface area contributed by atoms with Gasteiger partial charge in [0, 0.05) is 48.2 Å². The van der Waals surface area contributed by atoms with Crippen molar-refractivity contribution in [3.63, 3.8) is 0 Å². The molecular formula is C31H48N7OSi. The number of hydrogen-bond acceptors (Lipinski definition) is 7. The minimum atomic E-state index is -0.344. The molecule has 2 saturated heterocycles. The summed E-state index contributed by atoms with van der Waals surface area (Å²) in [6.45, 7) is 10.8. The maximum Gasteiger partial charge on any atom is 0.237 e. The number of nitrogens with zero attached hydrogens (tertiary/aromatic N) is 2. The first-order valence-corrected chi connectivity index (χ1v) is 15.7. The topological polar surface area (TPSA) is 93.3 Å². The Balaban J connectivity index is 1.05. The van der Waals surface area contributed by atoms with E-state index < -0.39 is 0 Å². The first-order chi connectivity index (χ1) is 19.6. The lowest BCUT2D eigenvalue weighted by Gasteiger charge is -2.39. The summed E-state index contributed by atoms with van der Waals surface area (Å²) in [4.78, 5) is 19.9. The van der Waals surface area contributed by atoms with Gasteiger partial charge in [0.2, 0.25) is 5.91 Å². The standard InChI is InChI=1S/C31H48N7OSi/c1-24(40)30(36-23-28-5-2-3-15-35-28)31(39)37-22-26-8-6-25(7-9-26)21-33-14-4-16-34-27-12-19-38(20-13-27)29-10-17-32-18-11-29/h2-3,5-9,15,24,27,29-30,32-34,36H,4,10-14,16-23H2,1H3,(H,37,39)/t24?,30-/m0/s1. The number of piperidine rings is 2. The van der Waals surface area contributed by atoms with Crippen LogP contribution in [0.3, 0.4) is 0 Å². The molecule has 217 valence electrons. The van der Waals surface area contributed by atoms with E-state index in [1.807, 2.05) is 25.1 Å². The van der Waals surface area contributed by atoms with Crippen molar-refractivity contribution in [1.29, 1.82) is 0 Å². The van der Waals surface area contributed by atoms with Crippen molar-refractivity contribution >= 4 is 16.1 Å². The summed E-state index contributed by atoms with van der Waals surface area (Å²) < 4.78 is 0. The van der Waals surface area contributed by atoms with Crippen LogP contribution in [0.4, 0.5) is 0 Å². The van der Waals surface area contributed by atoms with Crippen LogP contribution in [0.25, 0.3) is 0 Å². The van der Waals surface area contributed by atoms with Gasteiger partial charge in [-0.25, -0.2) is 0 Å². The van der Waals surface area contributed by atoms with E-state index in [4.69, 9.17) is 0 Å². The molecule has 5 N–H and O–H groups in total. The number of benzene rings is 1. The third-order valence-electron chi connectivity index (χ3n) is 8.15. The van der Waals surface area contributed by atoms with E-state index in [0.29, 0.717) is 19.1 Å². The molecule has 2 atom stereocenters. The minimum absolute atomic E-state index is 0.00964. The highest BCUT2D eigenvalue weighted by Gasteiger charge is 2.25. The van der Waals surface area contributed by atoms with E-state index in [1.165, 1.54) is 57.4 Å². The second-order valence-electron chi connectivity index (χ2n) is 11.3. The van der Waals surface area contributed by atoms with Crippen molar-refractivity contribution in [1.82, 2.24) is 36.5 Å².